The van der Waals surface area contributed by atoms with Gasteiger partial charge in [0, 0.05) is 6.04 Å². The van der Waals surface area contributed by atoms with Crippen molar-refractivity contribution < 1.29 is 5.11 Å². The second kappa shape index (κ2) is 4.63. The summed E-state index contributed by atoms with van der Waals surface area (Å²) in [6, 6.07) is 0.724. The van der Waals surface area contributed by atoms with Crippen LogP contribution < -0.4 is 5.32 Å². The summed E-state index contributed by atoms with van der Waals surface area (Å²) >= 11 is 0. The van der Waals surface area contributed by atoms with Gasteiger partial charge in [-0.3, -0.25) is 0 Å². The minimum absolute atomic E-state index is 0.00731. The van der Waals surface area contributed by atoms with Crippen molar-refractivity contribution in [2.75, 3.05) is 6.54 Å². The second-order valence-electron chi connectivity index (χ2n) is 5.21. The lowest BCUT2D eigenvalue weighted by Gasteiger charge is -2.26. The summed E-state index contributed by atoms with van der Waals surface area (Å²) < 4.78 is 0. The number of rotatable bonds is 4. The van der Waals surface area contributed by atoms with Gasteiger partial charge in [0.25, 0.3) is 0 Å². The SMILES string of the molecule is CC(NCC1CCC(O)CC1)C1CC1. The van der Waals surface area contributed by atoms with Gasteiger partial charge in [-0.15, -0.1) is 0 Å². The molecule has 2 nitrogen and oxygen atoms in total. The molecule has 0 aliphatic heterocycles. The van der Waals surface area contributed by atoms with Crippen molar-refractivity contribution in [1.29, 1.82) is 0 Å². The van der Waals surface area contributed by atoms with Crippen LogP contribution in [0.15, 0.2) is 0 Å². The Morgan fingerprint density at radius 2 is 1.79 bits per heavy atom. The molecule has 0 aromatic heterocycles. The summed E-state index contributed by atoms with van der Waals surface area (Å²) in [5.41, 5.74) is 0. The van der Waals surface area contributed by atoms with Crippen molar-refractivity contribution in [3.8, 4) is 0 Å². The number of hydrogen-bond acceptors (Lipinski definition) is 2. The Morgan fingerprint density at radius 3 is 2.36 bits per heavy atom. The van der Waals surface area contributed by atoms with Crippen molar-refractivity contribution in [2.24, 2.45) is 11.8 Å². The van der Waals surface area contributed by atoms with Crippen molar-refractivity contribution >= 4 is 0 Å². The fraction of sp³-hybridized carbons (Fsp3) is 1.00. The highest BCUT2D eigenvalue weighted by Gasteiger charge is 2.28. The fourth-order valence-corrected chi connectivity index (χ4v) is 2.46. The Morgan fingerprint density at radius 1 is 1.14 bits per heavy atom. The summed E-state index contributed by atoms with van der Waals surface area (Å²) in [5.74, 6) is 1.78. The van der Waals surface area contributed by atoms with Crippen LogP contribution in [-0.4, -0.2) is 23.8 Å². The van der Waals surface area contributed by atoms with E-state index in [1.54, 1.807) is 0 Å². The molecule has 0 bridgehead atoms. The van der Waals surface area contributed by atoms with Gasteiger partial charge >= 0.3 is 0 Å². The maximum Gasteiger partial charge on any atom is 0.0540 e. The van der Waals surface area contributed by atoms with Crippen molar-refractivity contribution in [3.05, 3.63) is 0 Å². The summed E-state index contributed by atoms with van der Waals surface area (Å²) in [6.07, 6.45) is 7.31. The van der Waals surface area contributed by atoms with E-state index in [1.807, 2.05) is 0 Å². The topological polar surface area (TPSA) is 32.3 Å². The van der Waals surface area contributed by atoms with E-state index in [4.69, 9.17) is 0 Å². The Balaban J connectivity index is 1.60. The molecule has 0 aromatic carbocycles. The quantitative estimate of drug-likeness (QED) is 0.721. The van der Waals surface area contributed by atoms with E-state index in [9.17, 15) is 5.11 Å². The van der Waals surface area contributed by atoms with Crippen LogP contribution in [0.1, 0.15) is 45.4 Å². The molecule has 2 heteroatoms. The highest BCUT2D eigenvalue weighted by molar-refractivity contribution is 4.84. The Hall–Kier alpha value is -0.0800. The van der Waals surface area contributed by atoms with Crippen LogP contribution in [0, 0.1) is 11.8 Å². The van der Waals surface area contributed by atoms with E-state index in [0.29, 0.717) is 0 Å². The van der Waals surface area contributed by atoms with Gasteiger partial charge in [-0.05, 0) is 63.8 Å². The van der Waals surface area contributed by atoms with Gasteiger partial charge in [0.2, 0.25) is 0 Å². The molecule has 0 heterocycles. The maximum absolute atomic E-state index is 9.38. The van der Waals surface area contributed by atoms with Crippen LogP contribution in [0.4, 0.5) is 0 Å². The molecule has 0 spiro atoms. The van der Waals surface area contributed by atoms with Crippen molar-refractivity contribution in [2.45, 2.75) is 57.6 Å². The highest BCUT2D eigenvalue weighted by Crippen LogP contribution is 2.32. The zero-order chi connectivity index (χ0) is 9.97. The molecule has 2 saturated carbocycles. The van der Waals surface area contributed by atoms with Crippen LogP contribution in [-0.2, 0) is 0 Å². The van der Waals surface area contributed by atoms with E-state index < -0.39 is 0 Å². The molecule has 1 atom stereocenters. The van der Waals surface area contributed by atoms with Gasteiger partial charge in [-0.25, -0.2) is 0 Å². The number of nitrogens with one attached hydrogen (secondary N) is 1. The smallest absolute Gasteiger partial charge is 0.0540 e. The van der Waals surface area contributed by atoms with Crippen LogP contribution in [0.25, 0.3) is 0 Å². The van der Waals surface area contributed by atoms with E-state index in [1.165, 1.54) is 32.2 Å². The lowest BCUT2D eigenvalue weighted by atomic mass is 9.87. The maximum atomic E-state index is 9.38. The average Bonchev–Trinajstić information content (AvgIpc) is 3.00. The predicted octanol–water partition coefficient (Wildman–Crippen LogP) is 1.93. The number of hydrogen-bond donors (Lipinski definition) is 2. The van der Waals surface area contributed by atoms with Crippen LogP contribution in [0.5, 0.6) is 0 Å². The molecule has 0 radical (unpaired) electrons. The van der Waals surface area contributed by atoms with Crippen molar-refractivity contribution in [1.82, 2.24) is 5.32 Å². The first-order chi connectivity index (χ1) is 6.75. The molecular formula is C12H23NO. The summed E-state index contributed by atoms with van der Waals surface area (Å²) in [5, 5.41) is 13.0. The molecule has 1 unspecified atom stereocenters. The third-order valence-corrected chi connectivity index (χ3v) is 3.87. The lowest BCUT2D eigenvalue weighted by Crippen LogP contribution is -2.34. The van der Waals surface area contributed by atoms with Crippen LogP contribution >= 0.6 is 0 Å². The Kier molecular flexibility index (Phi) is 3.45. The number of aliphatic hydroxyl groups excluding tert-OH is 1. The molecule has 14 heavy (non-hydrogen) atoms. The standard InChI is InChI=1S/C12H23NO/c1-9(11-4-5-11)13-8-10-2-6-12(14)7-3-10/h9-14H,2-8H2,1H3. The molecule has 0 aromatic rings. The monoisotopic (exact) mass is 197 g/mol. The highest BCUT2D eigenvalue weighted by atomic mass is 16.3. The van der Waals surface area contributed by atoms with Gasteiger partial charge in [-0.2, -0.15) is 0 Å². The summed E-state index contributed by atoms with van der Waals surface area (Å²) in [4.78, 5) is 0. The van der Waals surface area contributed by atoms with Gasteiger partial charge < -0.3 is 10.4 Å². The second-order valence-corrected chi connectivity index (χ2v) is 5.21. The normalized spacial score (nSPS) is 35.6. The van der Waals surface area contributed by atoms with Gasteiger partial charge in [-0.1, -0.05) is 0 Å². The molecule has 0 amide bonds. The van der Waals surface area contributed by atoms with E-state index >= 15 is 0 Å². The number of aliphatic hydroxyl groups is 1. The van der Waals surface area contributed by atoms with Gasteiger partial charge in [0.15, 0.2) is 0 Å². The first kappa shape index (κ1) is 10.4. The molecule has 82 valence electrons. The summed E-state index contributed by atoms with van der Waals surface area (Å²) in [6.45, 7) is 3.49. The van der Waals surface area contributed by atoms with Crippen molar-refractivity contribution in [3.63, 3.8) is 0 Å². The first-order valence-corrected chi connectivity index (χ1v) is 6.17. The third-order valence-electron chi connectivity index (χ3n) is 3.87. The Labute approximate surface area is 87.1 Å². The lowest BCUT2D eigenvalue weighted by molar-refractivity contribution is 0.107. The molecule has 2 rings (SSSR count). The zero-order valence-corrected chi connectivity index (χ0v) is 9.21. The van der Waals surface area contributed by atoms with E-state index in [-0.39, 0.29) is 6.10 Å². The molecule has 2 aliphatic carbocycles. The van der Waals surface area contributed by atoms with Crippen LogP contribution in [0.3, 0.4) is 0 Å². The molecule has 2 aliphatic rings. The van der Waals surface area contributed by atoms with Gasteiger partial charge in [0.05, 0.1) is 6.10 Å². The zero-order valence-electron chi connectivity index (χ0n) is 9.21. The first-order valence-electron chi connectivity index (χ1n) is 6.17. The fourth-order valence-electron chi connectivity index (χ4n) is 2.46. The van der Waals surface area contributed by atoms with Crippen LogP contribution in [0.2, 0.25) is 0 Å². The average molecular weight is 197 g/mol. The predicted molar refractivity (Wildman–Crippen MR) is 58.2 cm³/mol. The Bertz CT molecular complexity index is 171. The molecule has 2 fully saturated rings. The minimum atomic E-state index is -0.00731. The summed E-state index contributed by atoms with van der Waals surface area (Å²) in [7, 11) is 0. The molecule has 0 saturated heterocycles. The molecular weight excluding hydrogens is 174 g/mol. The third kappa shape index (κ3) is 2.96. The largest absolute Gasteiger partial charge is 0.393 e. The van der Waals surface area contributed by atoms with Gasteiger partial charge in [0.1, 0.15) is 0 Å². The van der Waals surface area contributed by atoms with E-state index in [2.05, 4.69) is 12.2 Å². The van der Waals surface area contributed by atoms with E-state index in [0.717, 1.165) is 30.7 Å². The molecule has 2 N–H and O–H groups in total. The minimum Gasteiger partial charge on any atom is -0.393 e.